The second-order valence-electron chi connectivity index (χ2n) is 5.33. The molecule has 132 valence electrons. The number of ketones is 1. The zero-order valence-electron chi connectivity index (χ0n) is 13.9. The summed E-state index contributed by atoms with van der Waals surface area (Å²) < 4.78 is 10.3. The van der Waals surface area contributed by atoms with Crippen LogP contribution >= 0.6 is 11.3 Å². The summed E-state index contributed by atoms with van der Waals surface area (Å²) in [6.45, 7) is 3.40. The van der Waals surface area contributed by atoms with E-state index < -0.39 is 29.8 Å². The number of esters is 1. The Hall–Kier alpha value is -2.06. The topological polar surface area (TPSA) is 106 Å². The summed E-state index contributed by atoms with van der Waals surface area (Å²) in [5.74, 6) is -1.52. The molecule has 2 atom stereocenters. The first-order valence-corrected chi connectivity index (χ1v) is 8.37. The number of ether oxygens (including phenoxy) is 2. The highest BCUT2D eigenvalue weighted by Crippen LogP contribution is 2.22. The Bertz CT molecular complexity index is 571. The molecule has 0 saturated heterocycles. The van der Waals surface area contributed by atoms with E-state index in [0.717, 1.165) is 0 Å². The van der Waals surface area contributed by atoms with Gasteiger partial charge in [0.05, 0.1) is 12.3 Å². The zero-order valence-corrected chi connectivity index (χ0v) is 14.7. The van der Waals surface area contributed by atoms with Crippen LogP contribution < -0.4 is 5.32 Å². The Morgan fingerprint density at radius 1 is 1.38 bits per heavy atom. The Morgan fingerprint density at radius 3 is 2.58 bits per heavy atom. The summed E-state index contributed by atoms with van der Waals surface area (Å²) in [7, 11) is 1.41. The van der Waals surface area contributed by atoms with Crippen LogP contribution in [0, 0.1) is 5.41 Å². The lowest BCUT2D eigenvalue weighted by Gasteiger charge is -2.21. The third-order valence-corrected chi connectivity index (χ3v) is 3.98. The first-order chi connectivity index (χ1) is 11.4. The van der Waals surface area contributed by atoms with Crippen molar-refractivity contribution in [2.45, 2.75) is 44.9 Å². The minimum absolute atomic E-state index is 0.0295. The van der Waals surface area contributed by atoms with Gasteiger partial charge in [-0.2, -0.15) is 0 Å². The van der Waals surface area contributed by atoms with Crippen molar-refractivity contribution >= 4 is 35.2 Å². The van der Waals surface area contributed by atoms with E-state index in [1.165, 1.54) is 18.4 Å². The fourth-order valence-corrected chi connectivity index (χ4v) is 2.76. The van der Waals surface area contributed by atoms with E-state index in [1.807, 2.05) is 5.38 Å². The van der Waals surface area contributed by atoms with Crippen molar-refractivity contribution < 1.29 is 23.9 Å². The molecule has 1 rings (SSSR count). The molecule has 8 heteroatoms. The average molecular weight is 354 g/mol. The molecule has 1 heterocycles. The van der Waals surface area contributed by atoms with Crippen LogP contribution in [0.2, 0.25) is 0 Å². The van der Waals surface area contributed by atoms with E-state index in [0.29, 0.717) is 11.1 Å². The molecule has 0 aliphatic rings. The predicted molar refractivity (Wildman–Crippen MR) is 90.3 cm³/mol. The van der Waals surface area contributed by atoms with E-state index >= 15 is 0 Å². The van der Waals surface area contributed by atoms with Gasteiger partial charge in [-0.3, -0.25) is 9.59 Å². The highest BCUT2D eigenvalue weighted by molar-refractivity contribution is 7.10. The van der Waals surface area contributed by atoms with E-state index in [4.69, 9.17) is 14.9 Å². The van der Waals surface area contributed by atoms with Gasteiger partial charge in [-0.25, -0.2) is 4.79 Å². The van der Waals surface area contributed by atoms with E-state index in [1.54, 1.807) is 26.0 Å². The molecule has 1 amide bonds. The molecule has 0 bridgehead atoms. The van der Waals surface area contributed by atoms with Crippen molar-refractivity contribution in [1.29, 1.82) is 5.41 Å². The summed E-state index contributed by atoms with van der Waals surface area (Å²) >= 11 is 1.37. The van der Waals surface area contributed by atoms with Gasteiger partial charge < -0.3 is 20.2 Å². The van der Waals surface area contributed by atoms with E-state index in [-0.39, 0.29) is 18.9 Å². The largest absolute Gasteiger partial charge is 0.461 e. The van der Waals surface area contributed by atoms with Crippen LogP contribution in [0.5, 0.6) is 0 Å². The fraction of sp³-hybridized carbons (Fsp3) is 0.500. The van der Waals surface area contributed by atoms with Gasteiger partial charge >= 0.3 is 5.97 Å². The number of nitrogens with one attached hydrogen (secondary N) is 2. The van der Waals surface area contributed by atoms with Crippen LogP contribution in [-0.4, -0.2) is 43.1 Å². The molecule has 0 unspecified atom stereocenters. The molecular weight excluding hydrogens is 332 g/mol. The molecule has 0 aromatic carbocycles. The number of hydrogen-bond acceptors (Lipinski definition) is 7. The maximum absolute atomic E-state index is 12.4. The van der Waals surface area contributed by atoms with Crippen LogP contribution in [0.15, 0.2) is 17.5 Å². The highest BCUT2D eigenvalue weighted by atomic mass is 32.1. The summed E-state index contributed by atoms with van der Waals surface area (Å²) in [4.78, 5) is 36.6. The van der Waals surface area contributed by atoms with Crippen LogP contribution in [-0.2, 0) is 23.9 Å². The maximum atomic E-state index is 12.4. The number of carbonyl (C=O) groups is 3. The Balaban J connectivity index is 2.81. The summed E-state index contributed by atoms with van der Waals surface area (Å²) in [5.41, 5.74) is 0. The molecule has 0 aliphatic carbocycles. The summed E-state index contributed by atoms with van der Waals surface area (Å²) in [6.07, 6.45) is -0.454. The summed E-state index contributed by atoms with van der Waals surface area (Å²) in [6, 6.07) is 2.59. The molecule has 1 aromatic rings. The molecular formula is C16H22N2O5S. The third kappa shape index (κ3) is 6.21. The third-order valence-electron chi connectivity index (χ3n) is 3.07. The molecule has 0 aliphatic heterocycles. The van der Waals surface area contributed by atoms with E-state index in [9.17, 15) is 14.4 Å². The second-order valence-corrected chi connectivity index (χ2v) is 6.31. The number of methoxy groups -OCH3 is 1. The number of amides is 1. The monoisotopic (exact) mass is 354 g/mol. The number of rotatable bonds is 10. The predicted octanol–water partition coefficient (Wildman–Crippen LogP) is 1.87. The van der Waals surface area contributed by atoms with Crippen LogP contribution in [0.4, 0.5) is 0 Å². The first kappa shape index (κ1) is 20.0. The molecule has 0 saturated carbocycles. The van der Waals surface area contributed by atoms with Gasteiger partial charge in [0, 0.05) is 18.4 Å². The van der Waals surface area contributed by atoms with Crippen molar-refractivity contribution in [2.24, 2.45) is 0 Å². The molecule has 0 fully saturated rings. The highest BCUT2D eigenvalue weighted by Gasteiger charge is 2.28. The average Bonchev–Trinajstić information content (AvgIpc) is 3.05. The van der Waals surface area contributed by atoms with Gasteiger partial charge in [-0.1, -0.05) is 6.07 Å². The lowest BCUT2D eigenvalue weighted by Crippen LogP contribution is -2.45. The number of carbonyl (C=O) groups excluding carboxylic acids is 3. The minimum atomic E-state index is -0.971. The fourth-order valence-electron chi connectivity index (χ4n) is 1.96. The summed E-state index contributed by atoms with van der Waals surface area (Å²) in [5, 5.41) is 11.3. The molecule has 0 radical (unpaired) electrons. The molecule has 0 spiro atoms. The lowest BCUT2D eigenvalue weighted by molar-refractivity contribution is -0.152. The minimum Gasteiger partial charge on any atom is -0.461 e. The first-order valence-electron chi connectivity index (χ1n) is 7.49. The zero-order chi connectivity index (χ0) is 18.1. The lowest BCUT2D eigenvalue weighted by atomic mass is 10.1. The number of Topliss-reactive ketones (excluding diaryl/α,β-unsaturated/α-hetero) is 1. The normalized spacial score (nSPS) is 13.2. The molecule has 24 heavy (non-hydrogen) atoms. The van der Waals surface area contributed by atoms with Crippen molar-refractivity contribution in [2.75, 3.05) is 7.11 Å². The molecule has 7 nitrogen and oxygen atoms in total. The van der Waals surface area contributed by atoms with E-state index in [2.05, 4.69) is 5.32 Å². The van der Waals surface area contributed by atoms with Crippen LogP contribution in [0.1, 0.15) is 37.7 Å². The quantitative estimate of drug-likeness (QED) is 0.493. The second kappa shape index (κ2) is 9.94. The van der Waals surface area contributed by atoms with Crippen LogP contribution in [0.25, 0.3) is 0 Å². The van der Waals surface area contributed by atoms with Gasteiger partial charge in [0.2, 0.25) is 0 Å². The van der Waals surface area contributed by atoms with Crippen molar-refractivity contribution in [3.05, 3.63) is 22.4 Å². The van der Waals surface area contributed by atoms with Gasteiger partial charge in [-0.05, 0) is 31.7 Å². The number of hydrogen-bond donors (Lipinski definition) is 2. The van der Waals surface area contributed by atoms with Gasteiger partial charge in [0.25, 0.3) is 5.91 Å². The number of thiophene rings is 1. The molecule has 1 aromatic heterocycles. The standard InChI is InChI=1S/C16H22N2O5S/c1-10(2)23-16(21)12(7-6-11(19)9-17)18-15(20)14(22-3)13-5-4-8-24-13/h4-5,8-10,12,14,17H,6-7H2,1-3H3,(H,18,20)/t12-,14-/m0/s1. The van der Waals surface area contributed by atoms with Crippen LogP contribution in [0.3, 0.4) is 0 Å². The maximum Gasteiger partial charge on any atom is 0.328 e. The van der Waals surface area contributed by atoms with Gasteiger partial charge in [0.1, 0.15) is 6.04 Å². The smallest absolute Gasteiger partial charge is 0.328 e. The van der Waals surface area contributed by atoms with Crippen molar-refractivity contribution in [1.82, 2.24) is 5.32 Å². The Labute approximate surface area is 144 Å². The van der Waals surface area contributed by atoms with Crippen molar-refractivity contribution in [3.63, 3.8) is 0 Å². The Morgan fingerprint density at radius 2 is 2.08 bits per heavy atom. The van der Waals surface area contributed by atoms with Crippen molar-refractivity contribution in [3.8, 4) is 0 Å². The molecule has 2 N–H and O–H groups in total. The SMILES string of the molecule is CO[C@H](C(=O)N[C@@H](CCC(=O)C=N)C(=O)OC(C)C)c1cccs1. The Kier molecular flexibility index (Phi) is 8.28. The van der Waals surface area contributed by atoms with Gasteiger partial charge in [0.15, 0.2) is 11.9 Å². The van der Waals surface area contributed by atoms with Gasteiger partial charge in [-0.15, -0.1) is 11.3 Å².